The Bertz CT molecular complexity index is 1240. The molecule has 2 aromatic heterocycles. The second-order valence-electron chi connectivity index (χ2n) is 9.41. The Morgan fingerprint density at radius 1 is 1.21 bits per heavy atom. The van der Waals surface area contributed by atoms with Crippen molar-refractivity contribution in [3.8, 4) is 11.1 Å². The molecular formula is C27H37F4N7. The van der Waals surface area contributed by atoms with Gasteiger partial charge in [0.05, 0.1) is 36.8 Å². The maximum Gasteiger partial charge on any atom is 0.265 e. The number of nitrogens with zero attached hydrogens (tertiary/aromatic N) is 6. The standard InChI is InChI=1S/C15H16N6.C8H13F2N.C4H8F2/c1-9-8-11(4-5-13(9)19-17-3)12-6-7-21-14(12)10(2)18-15(16)20-21;1-7(2)11-5-3-4-8(9,10)6-11;1-4(2-5)3-6/h4-8H,1-3H3,(H2,16,20);1,3-6H2,2H3;4H,2-3H2,1H3. The molecule has 0 bridgehead atoms. The molecule has 0 aliphatic carbocycles. The van der Waals surface area contributed by atoms with Gasteiger partial charge in [0.15, 0.2) is 0 Å². The zero-order valence-electron chi connectivity index (χ0n) is 22.7. The van der Waals surface area contributed by atoms with E-state index in [2.05, 4.69) is 33.0 Å². The Morgan fingerprint density at radius 2 is 1.89 bits per heavy atom. The molecule has 1 aromatic carbocycles. The van der Waals surface area contributed by atoms with Gasteiger partial charge in [-0.15, -0.1) is 5.10 Å². The number of azo groups is 1. The molecule has 1 aliphatic rings. The molecular weight excluding hydrogens is 498 g/mol. The van der Waals surface area contributed by atoms with Crippen LogP contribution in [-0.2, 0) is 0 Å². The number of halogens is 4. The third-order valence-electron chi connectivity index (χ3n) is 5.88. The van der Waals surface area contributed by atoms with Crippen molar-refractivity contribution in [1.82, 2.24) is 19.5 Å². The van der Waals surface area contributed by atoms with E-state index in [1.165, 1.54) is 6.92 Å². The van der Waals surface area contributed by atoms with Crippen molar-refractivity contribution in [3.63, 3.8) is 0 Å². The number of alkyl halides is 4. The van der Waals surface area contributed by atoms with Gasteiger partial charge >= 0.3 is 0 Å². The molecule has 0 saturated carbocycles. The van der Waals surface area contributed by atoms with Crippen LogP contribution in [0.1, 0.15) is 37.9 Å². The van der Waals surface area contributed by atoms with Gasteiger partial charge in [0.25, 0.3) is 5.92 Å². The third kappa shape index (κ3) is 8.53. The first-order chi connectivity index (χ1) is 17.9. The molecule has 3 aromatic rings. The number of aromatic nitrogens is 3. The molecule has 2 N–H and O–H groups in total. The Morgan fingerprint density at radius 3 is 2.39 bits per heavy atom. The molecule has 1 saturated heterocycles. The zero-order valence-corrected chi connectivity index (χ0v) is 22.7. The summed E-state index contributed by atoms with van der Waals surface area (Å²) in [7, 11) is 1.67. The minimum absolute atomic E-state index is 0.0246. The number of fused-ring (bicyclic) bond motifs is 1. The molecule has 1 fully saturated rings. The summed E-state index contributed by atoms with van der Waals surface area (Å²) in [5.74, 6) is -2.63. The number of likely N-dealkylation sites (tertiary alicyclic amines) is 1. The third-order valence-corrected chi connectivity index (χ3v) is 5.88. The normalized spacial score (nSPS) is 14.7. The molecule has 38 heavy (non-hydrogen) atoms. The topological polar surface area (TPSA) is 84.2 Å². The second-order valence-corrected chi connectivity index (χ2v) is 9.41. The van der Waals surface area contributed by atoms with Gasteiger partial charge in [-0.05, 0) is 56.5 Å². The molecule has 0 amide bonds. The fourth-order valence-electron chi connectivity index (χ4n) is 3.83. The number of hydrogen-bond acceptors (Lipinski definition) is 6. The lowest BCUT2D eigenvalue weighted by Gasteiger charge is -2.34. The summed E-state index contributed by atoms with van der Waals surface area (Å²) in [6, 6.07) is 8.11. The van der Waals surface area contributed by atoms with E-state index in [1.807, 2.05) is 38.2 Å². The minimum atomic E-state index is -2.50. The van der Waals surface area contributed by atoms with Gasteiger partial charge in [0, 0.05) is 43.4 Å². The molecule has 3 heterocycles. The number of benzene rings is 1. The van der Waals surface area contributed by atoms with Gasteiger partial charge < -0.3 is 10.6 Å². The molecule has 0 spiro atoms. The second kappa shape index (κ2) is 13.9. The highest BCUT2D eigenvalue weighted by atomic mass is 19.3. The first kappa shape index (κ1) is 30.7. The number of piperidine rings is 1. The van der Waals surface area contributed by atoms with Gasteiger partial charge in [0.2, 0.25) is 5.95 Å². The van der Waals surface area contributed by atoms with E-state index < -0.39 is 25.2 Å². The quantitative estimate of drug-likeness (QED) is 0.278. The average Bonchev–Trinajstić information content (AvgIpc) is 3.29. The van der Waals surface area contributed by atoms with Crippen molar-refractivity contribution >= 4 is 17.2 Å². The van der Waals surface area contributed by atoms with Crippen LogP contribution in [0, 0.1) is 19.8 Å². The van der Waals surface area contributed by atoms with Crippen molar-refractivity contribution in [2.75, 3.05) is 39.2 Å². The fraction of sp³-hybridized carbons (Fsp3) is 0.481. The maximum atomic E-state index is 12.7. The van der Waals surface area contributed by atoms with Crippen LogP contribution >= 0.6 is 0 Å². The summed E-state index contributed by atoms with van der Waals surface area (Å²) in [4.78, 5) is 5.88. The largest absolute Gasteiger partial charge is 0.370 e. The van der Waals surface area contributed by atoms with Gasteiger partial charge in [0.1, 0.15) is 0 Å². The van der Waals surface area contributed by atoms with Crippen LogP contribution in [0.15, 0.2) is 53.0 Å². The highest BCUT2D eigenvalue weighted by Gasteiger charge is 2.34. The fourth-order valence-corrected chi connectivity index (χ4v) is 3.83. The van der Waals surface area contributed by atoms with E-state index in [-0.39, 0.29) is 18.9 Å². The highest BCUT2D eigenvalue weighted by molar-refractivity contribution is 5.83. The molecule has 208 valence electrons. The van der Waals surface area contributed by atoms with E-state index >= 15 is 0 Å². The first-order valence-corrected chi connectivity index (χ1v) is 12.3. The summed E-state index contributed by atoms with van der Waals surface area (Å²) in [5.41, 5.74) is 12.4. The zero-order chi connectivity index (χ0) is 28.5. The van der Waals surface area contributed by atoms with E-state index in [9.17, 15) is 17.6 Å². The van der Waals surface area contributed by atoms with Crippen molar-refractivity contribution in [1.29, 1.82) is 0 Å². The van der Waals surface area contributed by atoms with Gasteiger partial charge in [-0.25, -0.2) is 18.3 Å². The van der Waals surface area contributed by atoms with Crippen LogP contribution in [-0.4, -0.2) is 58.9 Å². The van der Waals surface area contributed by atoms with Gasteiger partial charge in [-0.1, -0.05) is 19.6 Å². The number of nitrogens with two attached hydrogens (primary N) is 1. The molecule has 7 nitrogen and oxygen atoms in total. The summed E-state index contributed by atoms with van der Waals surface area (Å²) in [6.45, 7) is 10.4. The van der Waals surface area contributed by atoms with Crippen LogP contribution in [0.5, 0.6) is 0 Å². The Labute approximate surface area is 221 Å². The number of anilines is 1. The average molecular weight is 536 g/mol. The van der Waals surface area contributed by atoms with Crippen molar-refractivity contribution in [2.24, 2.45) is 16.1 Å². The number of allylic oxidation sites excluding steroid dienone is 1. The van der Waals surface area contributed by atoms with Crippen LogP contribution < -0.4 is 5.73 Å². The molecule has 11 heteroatoms. The Kier molecular flexibility index (Phi) is 11.2. The Hall–Kier alpha value is -3.50. The van der Waals surface area contributed by atoms with E-state index in [4.69, 9.17) is 5.73 Å². The number of hydrogen-bond donors (Lipinski definition) is 1. The molecule has 0 radical (unpaired) electrons. The van der Waals surface area contributed by atoms with Crippen LogP contribution in [0.25, 0.3) is 16.6 Å². The Balaban J connectivity index is 0.000000249. The summed E-state index contributed by atoms with van der Waals surface area (Å²) < 4.78 is 49.5. The molecule has 0 unspecified atom stereocenters. The lowest BCUT2D eigenvalue weighted by molar-refractivity contribution is -0.0548. The number of aryl methyl sites for hydroxylation is 2. The van der Waals surface area contributed by atoms with Crippen LogP contribution in [0.2, 0.25) is 0 Å². The predicted molar refractivity (Wildman–Crippen MR) is 144 cm³/mol. The molecule has 1 aliphatic heterocycles. The summed E-state index contributed by atoms with van der Waals surface area (Å²) in [5, 5.41) is 12.1. The summed E-state index contributed by atoms with van der Waals surface area (Å²) >= 11 is 0. The SMILES string of the molecule is C=C(C)N1CCCC(F)(F)C1.CC(CF)CF.CN=Nc1ccc(-c2ccn3nc(N)nc(C)c23)cc1C. The van der Waals surface area contributed by atoms with Gasteiger partial charge in [-0.2, -0.15) is 10.2 Å². The molecule has 0 atom stereocenters. The van der Waals surface area contributed by atoms with Crippen LogP contribution in [0.3, 0.4) is 0 Å². The monoisotopic (exact) mass is 535 g/mol. The number of rotatable bonds is 5. The first-order valence-electron chi connectivity index (χ1n) is 12.3. The van der Waals surface area contributed by atoms with E-state index in [0.717, 1.165) is 45.8 Å². The predicted octanol–water partition coefficient (Wildman–Crippen LogP) is 7.12. The van der Waals surface area contributed by atoms with Crippen molar-refractivity contribution in [3.05, 3.63) is 54.0 Å². The van der Waals surface area contributed by atoms with Crippen LogP contribution in [0.4, 0.5) is 29.2 Å². The van der Waals surface area contributed by atoms with Gasteiger partial charge in [-0.3, -0.25) is 8.78 Å². The lowest BCUT2D eigenvalue weighted by Crippen LogP contribution is -2.41. The highest BCUT2D eigenvalue weighted by Crippen LogP contribution is 2.31. The van der Waals surface area contributed by atoms with Crippen molar-refractivity contribution in [2.45, 2.75) is 46.5 Å². The van der Waals surface area contributed by atoms with E-state index in [0.29, 0.717) is 6.42 Å². The van der Waals surface area contributed by atoms with E-state index in [1.54, 1.807) is 23.4 Å². The smallest absolute Gasteiger partial charge is 0.265 e. The van der Waals surface area contributed by atoms with Crippen molar-refractivity contribution < 1.29 is 17.6 Å². The lowest BCUT2D eigenvalue weighted by atomic mass is 10.0. The number of nitrogen functional groups attached to an aromatic ring is 1. The molecule has 4 rings (SSSR count). The summed E-state index contributed by atoms with van der Waals surface area (Å²) in [6.07, 6.45) is 2.49. The maximum absolute atomic E-state index is 12.7. The minimum Gasteiger partial charge on any atom is -0.370 e.